The van der Waals surface area contributed by atoms with E-state index in [9.17, 15) is 0 Å². The quantitative estimate of drug-likeness (QED) is 0.706. The fourth-order valence-corrected chi connectivity index (χ4v) is 1.56. The molecule has 0 atom stereocenters. The Kier molecular flexibility index (Phi) is 3.95. The van der Waals surface area contributed by atoms with E-state index in [1.807, 2.05) is 12.1 Å². The molecule has 0 spiro atoms. The molecule has 0 heterocycles. The third-order valence-electron chi connectivity index (χ3n) is 2.42. The van der Waals surface area contributed by atoms with Crippen molar-refractivity contribution in [3.63, 3.8) is 0 Å². The van der Waals surface area contributed by atoms with Crippen molar-refractivity contribution in [2.24, 2.45) is 0 Å². The molecule has 0 fully saturated rings. The number of hydrogen-bond donors (Lipinski definition) is 0. The lowest BCUT2D eigenvalue weighted by atomic mass is 10.1. The van der Waals surface area contributed by atoms with Crippen LogP contribution in [0.2, 0.25) is 0 Å². The second-order valence-electron chi connectivity index (χ2n) is 3.70. The van der Waals surface area contributed by atoms with Crippen molar-refractivity contribution in [1.29, 1.82) is 0 Å². The van der Waals surface area contributed by atoms with Gasteiger partial charge >= 0.3 is 0 Å². The van der Waals surface area contributed by atoms with E-state index < -0.39 is 0 Å². The van der Waals surface area contributed by atoms with Crippen molar-refractivity contribution >= 4 is 6.08 Å². The van der Waals surface area contributed by atoms with Crippen LogP contribution in [0, 0.1) is 6.42 Å². The minimum atomic E-state index is 0.990. The Labute approximate surface area is 97.3 Å². The van der Waals surface area contributed by atoms with E-state index in [0.717, 1.165) is 6.42 Å². The molecule has 0 bridgehead atoms. The number of rotatable bonds is 4. The summed E-state index contributed by atoms with van der Waals surface area (Å²) in [5.74, 6) is 0. The molecule has 0 aliphatic heterocycles. The van der Waals surface area contributed by atoms with Crippen LogP contribution >= 0.6 is 0 Å². The maximum atomic E-state index is 2.18. The van der Waals surface area contributed by atoms with E-state index >= 15 is 0 Å². The first-order valence-corrected chi connectivity index (χ1v) is 5.54. The molecule has 0 unspecified atom stereocenters. The first-order valence-electron chi connectivity index (χ1n) is 5.54. The smallest absolute Gasteiger partial charge is 0.0123 e. The zero-order valence-corrected chi connectivity index (χ0v) is 9.21. The van der Waals surface area contributed by atoms with Gasteiger partial charge in [0.2, 0.25) is 0 Å². The molecule has 0 heteroatoms. The first-order chi connectivity index (χ1) is 7.95. The predicted molar refractivity (Wildman–Crippen MR) is 69.9 cm³/mol. The summed E-state index contributed by atoms with van der Waals surface area (Å²) in [4.78, 5) is 0. The Morgan fingerprint density at radius 2 is 1.38 bits per heavy atom. The van der Waals surface area contributed by atoms with Crippen molar-refractivity contribution in [1.82, 2.24) is 0 Å². The third-order valence-corrected chi connectivity index (χ3v) is 2.42. The van der Waals surface area contributed by atoms with Gasteiger partial charge in [-0.15, -0.1) is 0 Å². The van der Waals surface area contributed by atoms with Crippen LogP contribution in [0.5, 0.6) is 0 Å². The second kappa shape index (κ2) is 5.92. The Hall–Kier alpha value is -1.82. The average molecular weight is 207 g/mol. The van der Waals surface area contributed by atoms with Crippen molar-refractivity contribution in [3.8, 4) is 0 Å². The third kappa shape index (κ3) is 3.39. The standard InChI is InChI=1S/C16H15/c1-3-9-15(10-4-1)13-7-8-14-16-11-5-2-6-12-16/h1-13H,14H2. The first kappa shape index (κ1) is 10.7. The van der Waals surface area contributed by atoms with Crippen LogP contribution in [0.4, 0.5) is 0 Å². The monoisotopic (exact) mass is 207 g/mol. The van der Waals surface area contributed by atoms with E-state index in [1.54, 1.807) is 0 Å². The van der Waals surface area contributed by atoms with Gasteiger partial charge in [-0.1, -0.05) is 72.8 Å². The average Bonchev–Trinajstić information content (AvgIpc) is 2.37. The normalized spacial score (nSPS) is 10.8. The lowest BCUT2D eigenvalue weighted by Gasteiger charge is -1.96. The maximum Gasteiger partial charge on any atom is -0.0123 e. The Bertz CT molecular complexity index is 426. The van der Waals surface area contributed by atoms with Crippen LogP contribution in [0.1, 0.15) is 11.1 Å². The van der Waals surface area contributed by atoms with E-state index in [2.05, 4.69) is 67.1 Å². The molecule has 2 aromatic rings. The van der Waals surface area contributed by atoms with E-state index in [0.29, 0.717) is 0 Å². The van der Waals surface area contributed by atoms with Crippen LogP contribution in [-0.4, -0.2) is 0 Å². The highest BCUT2D eigenvalue weighted by atomic mass is 13.9. The molecule has 1 radical (unpaired) electrons. The summed E-state index contributed by atoms with van der Waals surface area (Å²) in [6.07, 6.45) is 7.41. The zero-order valence-electron chi connectivity index (χ0n) is 9.21. The summed E-state index contributed by atoms with van der Waals surface area (Å²) in [5.41, 5.74) is 2.59. The topological polar surface area (TPSA) is 0 Å². The summed E-state index contributed by atoms with van der Waals surface area (Å²) in [6.45, 7) is 0. The molecule has 0 amide bonds. The largest absolute Gasteiger partial charge is 0.0799 e. The molecular weight excluding hydrogens is 192 g/mol. The highest BCUT2D eigenvalue weighted by Gasteiger charge is 1.88. The minimum absolute atomic E-state index is 0.990. The van der Waals surface area contributed by atoms with Crippen molar-refractivity contribution in [3.05, 3.63) is 84.3 Å². The lowest BCUT2D eigenvalue weighted by molar-refractivity contribution is 1.20. The van der Waals surface area contributed by atoms with Gasteiger partial charge < -0.3 is 0 Å². The van der Waals surface area contributed by atoms with Gasteiger partial charge in [0.05, 0.1) is 0 Å². The summed E-state index contributed by atoms with van der Waals surface area (Å²) >= 11 is 0. The summed E-state index contributed by atoms with van der Waals surface area (Å²) < 4.78 is 0. The van der Waals surface area contributed by atoms with Crippen molar-refractivity contribution in [2.75, 3.05) is 0 Å². The molecule has 0 saturated carbocycles. The minimum Gasteiger partial charge on any atom is -0.0799 e. The molecule has 16 heavy (non-hydrogen) atoms. The molecular formula is C16H15. The number of allylic oxidation sites excluding steroid dienone is 1. The summed E-state index contributed by atoms with van der Waals surface area (Å²) in [5, 5.41) is 0. The molecule has 0 aliphatic carbocycles. The van der Waals surface area contributed by atoms with Gasteiger partial charge in [0.1, 0.15) is 0 Å². The van der Waals surface area contributed by atoms with Gasteiger partial charge in [-0.2, -0.15) is 0 Å². The molecule has 0 aromatic heterocycles. The fourth-order valence-electron chi connectivity index (χ4n) is 1.56. The Morgan fingerprint density at radius 1 is 0.750 bits per heavy atom. The SMILES string of the molecule is [CH](C=Cc1ccccc1)Cc1ccccc1. The molecule has 2 rings (SSSR count). The van der Waals surface area contributed by atoms with E-state index in [1.165, 1.54) is 11.1 Å². The van der Waals surface area contributed by atoms with E-state index in [4.69, 9.17) is 0 Å². The highest BCUT2D eigenvalue weighted by Crippen LogP contribution is 2.05. The van der Waals surface area contributed by atoms with Gasteiger partial charge in [-0.3, -0.25) is 0 Å². The van der Waals surface area contributed by atoms with Crippen LogP contribution in [0.3, 0.4) is 0 Å². The van der Waals surface area contributed by atoms with Crippen molar-refractivity contribution < 1.29 is 0 Å². The van der Waals surface area contributed by atoms with Gasteiger partial charge in [-0.25, -0.2) is 0 Å². The highest BCUT2D eigenvalue weighted by molar-refractivity contribution is 5.50. The predicted octanol–water partition coefficient (Wildman–Crippen LogP) is 4.15. The van der Waals surface area contributed by atoms with E-state index in [-0.39, 0.29) is 0 Å². The molecule has 0 saturated heterocycles. The van der Waals surface area contributed by atoms with Crippen molar-refractivity contribution in [2.45, 2.75) is 6.42 Å². The van der Waals surface area contributed by atoms with Crippen LogP contribution in [0.25, 0.3) is 6.08 Å². The second-order valence-corrected chi connectivity index (χ2v) is 3.70. The van der Waals surface area contributed by atoms with Gasteiger partial charge in [-0.05, 0) is 24.0 Å². The number of hydrogen-bond acceptors (Lipinski definition) is 0. The molecule has 2 aromatic carbocycles. The molecule has 79 valence electrons. The van der Waals surface area contributed by atoms with Gasteiger partial charge in [0.25, 0.3) is 0 Å². The van der Waals surface area contributed by atoms with Crippen LogP contribution in [0.15, 0.2) is 66.7 Å². The van der Waals surface area contributed by atoms with Gasteiger partial charge in [0.15, 0.2) is 0 Å². The Balaban J connectivity index is 1.83. The van der Waals surface area contributed by atoms with Crippen LogP contribution < -0.4 is 0 Å². The molecule has 0 nitrogen and oxygen atoms in total. The summed E-state index contributed by atoms with van der Waals surface area (Å²) in [6, 6.07) is 20.8. The fraction of sp³-hybridized carbons (Fsp3) is 0.0625. The zero-order chi connectivity index (χ0) is 11.1. The summed E-state index contributed by atoms with van der Waals surface area (Å²) in [7, 11) is 0. The maximum absolute atomic E-state index is 2.18. The van der Waals surface area contributed by atoms with Gasteiger partial charge in [0, 0.05) is 0 Å². The molecule has 0 N–H and O–H groups in total. The Morgan fingerprint density at radius 3 is 2.06 bits per heavy atom. The lowest BCUT2D eigenvalue weighted by Crippen LogP contribution is -1.82. The van der Waals surface area contributed by atoms with Crippen LogP contribution in [-0.2, 0) is 6.42 Å². The molecule has 0 aliphatic rings. The number of benzene rings is 2.